The third-order valence-electron chi connectivity index (χ3n) is 3.81. The lowest BCUT2D eigenvalue weighted by atomic mass is 10.1. The van der Waals surface area contributed by atoms with Gasteiger partial charge in [-0.15, -0.1) is 0 Å². The molecular formula is C21H25NO3. The highest BCUT2D eigenvalue weighted by atomic mass is 16.5. The van der Waals surface area contributed by atoms with Crippen molar-refractivity contribution in [2.75, 3.05) is 19.0 Å². The molecule has 0 saturated heterocycles. The lowest BCUT2D eigenvalue weighted by molar-refractivity contribution is -0.111. The normalized spacial score (nSPS) is 10.7. The van der Waals surface area contributed by atoms with Gasteiger partial charge in [-0.1, -0.05) is 31.2 Å². The van der Waals surface area contributed by atoms with Crippen LogP contribution < -0.4 is 14.8 Å². The van der Waals surface area contributed by atoms with Gasteiger partial charge < -0.3 is 14.8 Å². The van der Waals surface area contributed by atoms with E-state index in [1.54, 1.807) is 13.2 Å². The molecule has 0 aromatic heterocycles. The maximum absolute atomic E-state index is 12.2. The number of nitrogens with one attached hydrogen (secondary N) is 1. The highest BCUT2D eigenvalue weighted by molar-refractivity contribution is 6.02. The van der Waals surface area contributed by atoms with Gasteiger partial charge in [0.25, 0.3) is 0 Å². The van der Waals surface area contributed by atoms with Gasteiger partial charge in [0, 0.05) is 11.8 Å². The van der Waals surface area contributed by atoms with Crippen LogP contribution in [-0.2, 0) is 4.79 Å². The third kappa shape index (κ3) is 5.11. The number of hydrogen-bond donors (Lipinski definition) is 1. The monoisotopic (exact) mass is 339 g/mol. The molecule has 0 heterocycles. The van der Waals surface area contributed by atoms with Crippen LogP contribution in [0.3, 0.4) is 0 Å². The Morgan fingerprint density at radius 2 is 1.84 bits per heavy atom. The van der Waals surface area contributed by atoms with Crippen molar-refractivity contribution in [2.24, 2.45) is 0 Å². The summed E-state index contributed by atoms with van der Waals surface area (Å²) in [6.45, 7) is 6.65. The third-order valence-corrected chi connectivity index (χ3v) is 3.81. The van der Waals surface area contributed by atoms with Crippen LogP contribution in [0.25, 0.3) is 6.08 Å². The summed E-state index contributed by atoms with van der Waals surface area (Å²) in [6, 6.07) is 11.5. The molecule has 132 valence electrons. The van der Waals surface area contributed by atoms with Crippen LogP contribution in [0.1, 0.15) is 30.0 Å². The molecule has 4 nitrogen and oxygen atoms in total. The van der Waals surface area contributed by atoms with E-state index in [4.69, 9.17) is 9.47 Å². The largest absolute Gasteiger partial charge is 0.493 e. The molecule has 4 heteroatoms. The molecule has 1 N–H and O–H groups in total. The Balaban J connectivity index is 2.09. The van der Waals surface area contributed by atoms with Crippen molar-refractivity contribution >= 4 is 17.7 Å². The predicted molar refractivity (Wildman–Crippen MR) is 102 cm³/mol. The van der Waals surface area contributed by atoms with Gasteiger partial charge in [0.2, 0.25) is 5.91 Å². The van der Waals surface area contributed by atoms with Crippen LogP contribution in [-0.4, -0.2) is 19.6 Å². The first-order valence-corrected chi connectivity index (χ1v) is 8.41. The van der Waals surface area contributed by atoms with E-state index in [1.165, 1.54) is 6.08 Å². The topological polar surface area (TPSA) is 47.6 Å². The van der Waals surface area contributed by atoms with Crippen LogP contribution in [0, 0.1) is 13.8 Å². The molecule has 0 aliphatic carbocycles. The highest BCUT2D eigenvalue weighted by Crippen LogP contribution is 2.28. The van der Waals surface area contributed by atoms with Crippen molar-refractivity contribution in [2.45, 2.75) is 27.2 Å². The Morgan fingerprint density at radius 3 is 2.48 bits per heavy atom. The summed E-state index contributed by atoms with van der Waals surface area (Å²) in [6.07, 6.45) is 4.21. The minimum Gasteiger partial charge on any atom is -0.493 e. The zero-order valence-corrected chi connectivity index (χ0v) is 15.3. The fraction of sp³-hybridized carbons (Fsp3) is 0.286. The number of amides is 1. The first kappa shape index (κ1) is 18.6. The average molecular weight is 339 g/mol. The summed E-state index contributed by atoms with van der Waals surface area (Å²) in [5.41, 5.74) is 3.82. The van der Waals surface area contributed by atoms with Crippen LogP contribution in [0.2, 0.25) is 0 Å². The molecule has 0 saturated carbocycles. The van der Waals surface area contributed by atoms with Gasteiger partial charge in [-0.2, -0.15) is 0 Å². The summed E-state index contributed by atoms with van der Waals surface area (Å²) in [4.78, 5) is 12.2. The van der Waals surface area contributed by atoms with Gasteiger partial charge in [-0.3, -0.25) is 4.79 Å². The van der Waals surface area contributed by atoms with E-state index in [0.717, 1.165) is 28.8 Å². The predicted octanol–water partition coefficient (Wildman–Crippen LogP) is 4.75. The van der Waals surface area contributed by atoms with Crippen molar-refractivity contribution in [3.05, 3.63) is 59.2 Å². The fourth-order valence-electron chi connectivity index (χ4n) is 2.47. The van der Waals surface area contributed by atoms with Gasteiger partial charge in [0.15, 0.2) is 11.5 Å². The van der Waals surface area contributed by atoms with Crippen molar-refractivity contribution in [3.63, 3.8) is 0 Å². The average Bonchev–Trinajstić information content (AvgIpc) is 2.61. The molecule has 0 spiro atoms. The van der Waals surface area contributed by atoms with Gasteiger partial charge in [-0.05, 0) is 55.2 Å². The number of benzene rings is 2. The van der Waals surface area contributed by atoms with E-state index < -0.39 is 0 Å². The highest BCUT2D eigenvalue weighted by Gasteiger charge is 2.06. The van der Waals surface area contributed by atoms with E-state index in [1.807, 2.05) is 50.2 Å². The molecule has 2 aromatic rings. The van der Waals surface area contributed by atoms with E-state index in [-0.39, 0.29) is 5.91 Å². The van der Waals surface area contributed by atoms with Gasteiger partial charge in [-0.25, -0.2) is 0 Å². The summed E-state index contributed by atoms with van der Waals surface area (Å²) < 4.78 is 11.0. The SMILES string of the molecule is CCCOc1ccc(C=CC(=O)Nc2c(C)cccc2C)cc1OC. The van der Waals surface area contributed by atoms with Crippen molar-refractivity contribution in [1.82, 2.24) is 0 Å². The number of anilines is 1. The van der Waals surface area contributed by atoms with Crippen molar-refractivity contribution < 1.29 is 14.3 Å². The maximum Gasteiger partial charge on any atom is 0.248 e. The molecular weight excluding hydrogens is 314 g/mol. The molecule has 0 radical (unpaired) electrons. The Labute approximate surface area is 149 Å². The number of carbonyl (C=O) groups is 1. The Morgan fingerprint density at radius 1 is 1.12 bits per heavy atom. The molecule has 2 aromatic carbocycles. The van der Waals surface area contributed by atoms with Crippen LogP contribution in [0.5, 0.6) is 11.5 Å². The smallest absolute Gasteiger partial charge is 0.248 e. The number of aryl methyl sites for hydroxylation is 2. The van der Waals surface area contributed by atoms with Crippen molar-refractivity contribution in [3.8, 4) is 11.5 Å². The van der Waals surface area contributed by atoms with E-state index in [0.29, 0.717) is 18.1 Å². The standard InChI is InChI=1S/C21H25NO3/c1-5-13-25-18-11-9-17(14-19(18)24-4)10-12-20(23)22-21-15(2)7-6-8-16(21)3/h6-12,14H,5,13H2,1-4H3,(H,22,23). The first-order chi connectivity index (χ1) is 12.0. The molecule has 2 rings (SSSR count). The summed E-state index contributed by atoms with van der Waals surface area (Å²) in [7, 11) is 1.61. The molecule has 0 fully saturated rings. The van der Waals surface area contributed by atoms with Crippen molar-refractivity contribution in [1.29, 1.82) is 0 Å². The fourth-order valence-corrected chi connectivity index (χ4v) is 2.47. The second-order valence-electron chi connectivity index (χ2n) is 5.85. The Hall–Kier alpha value is -2.75. The van der Waals surface area contributed by atoms with Gasteiger partial charge in [0.05, 0.1) is 13.7 Å². The maximum atomic E-state index is 12.2. The molecule has 0 unspecified atom stereocenters. The number of methoxy groups -OCH3 is 1. The Kier molecular flexibility index (Phi) is 6.63. The van der Waals surface area contributed by atoms with Crippen LogP contribution in [0.4, 0.5) is 5.69 Å². The number of para-hydroxylation sites is 1. The molecule has 0 aliphatic heterocycles. The first-order valence-electron chi connectivity index (χ1n) is 8.41. The second kappa shape index (κ2) is 8.92. The van der Waals surface area contributed by atoms with E-state index in [9.17, 15) is 4.79 Å². The van der Waals surface area contributed by atoms with Gasteiger partial charge in [0.1, 0.15) is 0 Å². The van der Waals surface area contributed by atoms with Crippen LogP contribution >= 0.6 is 0 Å². The molecule has 25 heavy (non-hydrogen) atoms. The van der Waals surface area contributed by atoms with Crippen LogP contribution in [0.15, 0.2) is 42.5 Å². The number of carbonyl (C=O) groups excluding carboxylic acids is 1. The minimum atomic E-state index is -0.164. The van der Waals surface area contributed by atoms with E-state index >= 15 is 0 Å². The molecule has 0 atom stereocenters. The molecule has 1 amide bonds. The second-order valence-corrected chi connectivity index (χ2v) is 5.85. The summed E-state index contributed by atoms with van der Waals surface area (Å²) in [5.74, 6) is 1.20. The van der Waals surface area contributed by atoms with Gasteiger partial charge >= 0.3 is 0 Å². The summed E-state index contributed by atoms with van der Waals surface area (Å²) >= 11 is 0. The number of hydrogen-bond acceptors (Lipinski definition) is 3. The zero-order chi connectivity index (χ0) is 18.2. The minimum absolute atomic E-state index is 0.164. The number of rotatable bonds is 7. The Bertz CT molecular complexity index is 745. The zero-order valence-electron chi connectivity index (χ0n) is 15.3. The summed E-state index contributed by atoms with van der Waals surface area (Å²) in [5, 5.41) is 2.93. The lowest BCUT2D eigenvalue weighted by Crippen LogP contribution is -2.10. The lowest BCUT2D eigenvalue weighted by Gasteiger charge is -2.11. The quantitative estimate of drug-likeness (QED) is 0.740. The molecule has 0 bridgehead atoms. The molecule has 0 aliphatic rings. The number of ether oxygens (including phenoxy) is 2. The van der Waals surface area contributed by atoms with E-state index in [2.05, 4.69) is 12.2 Å².